The number of benzene rings is 2. The number of carbonyl (C=O) groups excluding carboxylic acids is 2. The monoisotopic (exact) mass is 345 g/mol. The normalized spacial score (nSPS) is 10.8. The molecule has 0 saturated heterocycles. The summed E-state index contributed by atoms with van der Waals surface area (Å²) in [5.74, 6) is -0.273. The zero-order valence-electron chi connectivity index (χ0n) is 14.4. The van der Waals surface area contributed by atoms with Gasteiger partial charge in [0.25, 0.3) is 0 Å². The van der Waals surface area contributed by atoms with Crippen molar-refractivity contribution < 1.29 is 9.59 Å². The minimum Gasteiger partial charge on any atom is -0.359 e. The minimum absolute atomic E-state index is 0.0478. The van der Waals surface area contributed by atoms with Crippen LogP contribution in [0.2, 0.25) is 0 Å². The number of likely N-dealkylation sites (N-methyl/N-ethyl adjacent to an activating group) is 1. The van der Waals surface area contributed by atoms with E-state index in [1.54, 1.807) is 31.5 Å². The average Bonchev–Trinajstić information content (AvgIpc) is 2.67. The number of nitrogens with one attached hydrogen (secondary N) is 2. The quantitative estimate of drug-likeness (QED) is 0.698. The number of aromatic nitrogens is 1. The third-order valence-corrected chi connectivity index (χ3v) is 3.94. The van der Waals surface area contributed by atoms with Gasteiger partial charge in [0.1, 0.15) is 0 Å². The van der Waals surface area contributed by atoms with Crippen LogP contribution in [0, 0.1) is 0 Å². The summed E-state index contributed by atoms with van der Waals surface area (Å²) in [5, 5.41) is 6.42. The molecule has 3 rings (SSSR count). The first-order valence-corrected chi connectivity index (χ1v) is 8.28. The number of anilines is 1. The summed E-state index contributed by atoms with van der Waals surface area (Å²) in [7, 11) is 1.61. The Hall–Kier alpha value is -3.47. The number of hydrogen-bond acceptors (Lipinski definition) is 3. The molecule has 130 valence electrons. The highest BCUT2D eigenvalue weighted by Crippen LogP contribution is 2.17. The second-order valence-electron chi connectivity index (χ2n) is 5.79. The van der Waals surface area contributed by atoms with Gasteiger partial charge < -0.3 is 10.6 Å². The molecule has 0 aliphatic rings. The molecule has 5 nitrogen and oxygen atoms in total. The van der Waals surface area contributed by atoms with Crippen molar-refractivity contribution >= 4 is 34.5 Å². The molecule has 2 N–H and O–H groups in total. The maximum atomic E-state index is 12.1. The third kappa shape index (κ3) is 4.33. The van der Waals surface area contributed by atoms with Crippen LogP contribution in [-0.2, 0) is 16.0 Å². The fourth-order valence-electron chi connectivity index (χ4n) is 2.59. The van der Waals surface area contributed by atoms with E-state index in [1.165, 1.54) is 6.08 Å². The highest BCUT2D eigenvalue weighted by Gasteiger charge is 2.03. The molecule has 0 aliphatic heterocycles. The lowest BCUT2D eigenvalue weighted by Gasteiger charge is -2.05. The van der Waals surface area contributed by atoms with Crippen molar-refractivity contribution in [2.45, 2.75) is 6.42 Å². The molecule has 0 bridgehead atoms. The Kier molecular flexibility index (Phi) is 5.39. The van der Waals surface area contributed by atoms with Gasteiger partial charge in [0.05, 0.1) is 11.9 Å². The van der Waals surface area contributed by atoms with Gasteiger partial charge in [-0.05, 0) is 29.8 Å². The number of hydrogen-bond donors (Lipinski definition) is 2. The molecule has 0 atom stereocenters. The van der Waals surface area contributed by atoms with Gasteiger partial charge in [0.15, 0.2) is 0 Å². The largest absolute Gasteiger partial charge is 0.359 e. The smallest absolute Gasteiger partial charge is 0.248 e. The van der Waals surface area contributed by atoms with E-state index in [2.05, 4.69) is 15.6 Å². The second kappa shape index (κ2) is 8.07. The van der Waals surface area contributed by atoms with Crippen LogP contribution in [0.15, 0.2) is 66.9 Å². The molecular formula is C21H19N3O2. The second-order valence-corrected chi connectivity index (χ2v) is 5.79. The van der Waals surface area contributed by atoms with Crippen LogP contribution in [-0.4, -0.2) is 23.8 Å². The Morgan fingerprint density at radius 2 is 1.81 bits per heavy atom. The van der Waals surface area contributed by atoms with Gasteiger partial charge in [0, 0.05) is 36.0 Å². The fraction of sp³-hybridized carbons (Fsp3) is 0.0952. The molecule has 1 heterocycles. The van der Waals surface area contributed by atoms with Crippen LogP contribution in [0.4, 0.5) is 5.69 Å². The van der Waals surface area contributed by atoms with Crippen molar-refractivity contribution in [3.63, 3.8) is 0 Å². The first-order chi connectivity index (χ1) is 12.7. The van der Waals surface area contributed by atoms with Gasteiger partial charge in [0.2, 0.25) is 11.8 Å². The Bertz CT molecular complexity index is 957. The van der Waals surface area contributed by atoms with E-state index in [0.29, 0.717) is 12.1 Å². The zero-order valence-corrected chi connectivity index (χ0v) is 14.4. The number of fused-ring (bicyclic) bond motifs is 1. The SMILES string of the molecule is CNC(=O)Cc1ccc(NC(=O)/C=C/c2cccc3cccnc23)cc1. The van der Waals surface area contributed by atoms with Crippen molar-refractivity contribution in [2.24, 2.45) is 0 Å². The zero-order chi connectivity index (χ0) is 18.4. The number of amides is 2. The molecule has 1 aromatic heterocycles. The summed E-state index contributed by atoms with van der Waals surface area (Å²) in [6.07, 6.45) is 5.30. The van der Waals surface area contributed by atoms with Gasteiger partial charge in [-0.3, -0.25) is 14.6 Å². The lowest BCUT2D eigenvalue weighted by Crippen LogP contribution is -2.19. The van der Waals surface area contributed by atoms with Crippen molar-refractivity contribution in [3.8, 4) is 0 Å². The molecule has 2 amide bonds. The van der Waals surface area contributed by atoms with E-state index in [0.717, 1.165) is 22.0 Å². The molecule has 26 heavy (non-hydrogen) atoms. The van der Waals surface area contributed by atoms with Crippen LogP contribution in [0.1, 0.15) is 11.1 Å². The summed E-state index contributed by atoms with van der Waals surface area (Å²) in [6, 6.07) is 16.9. The van der Waals surface area contributed by atoms with Crippen LogP contribution in [0.3, 0.4) is 0 Å². The summed E-state index contributed by atoms with van der Waals surface area (Å²) in [5.41, 5.74) is 3.31. The minimum atomic E-state index is -0.225. The topological polar surface area (TPSA) is 71.1 Å². The lowest BCUT2D eigenvalue weighted by atomic mass is 10.1. The Morgan fingerprint density at radius 3 is 2.58 bits per heavy atom. The van der Waals surface area contributed by atoms with E-state index in [4.69, 9.17) is 0 Å². The number of pyridine rings is 1. The molecule has 0 saturated carbocycles. The van der Waals surface area contributed by atoms with E-state index < -0.39 is 0 Å². The van der Waals surface area contributed by atoms with Crippen LogP contribution in [0.5, 0.6) is 0 Å². The molecule has 0 unspecified atom stereocenters. The van der Waals surface area contributed by atoms with Crippen LogP contribution >= 0.6 is 0 Å². The Balaban J connectivity index is 1.66. The average molecular weight is 345 g/mol. The molecule has 0 spiro atoms. The highest BCUT2D eigenvalue weighted by atomic mass is 16.2. The fourth-order valence-corrected chi connectivity index (χ4v) is 2.59. The number of rotatable bonds is 5. The predicted octanol–water partition coefficient (Wildman–Crippen LogP) is 3.18. The number of nitrogens with zero attached hydrogens (tertiary/aromatic N) is 1. The van der Waals surface area contributed by atoms with Gasteiger partial charge in [-0.1, -0.05) is 36.4 Å². The first-order valence-electron chi connectivity index (χ1n) is 8.28. The molecule has 3 aromatic rings. The van der Waals surface area contributed by atoms with E-state index in [-0.39, 0.29) is 11.8 Å². The van der Waals surface area contributed by atoms with Gasteiger partial charge >= 0.3 is 0 Å². The number of para-hydroxylation sites is 1. The molecule has 0 radical (unpaired) electrons. The molecule has 0 aliphatic carbocycles. The van der Waals surface area contributed by atoms with Gasteiger partial charge in [-0.25, -0.2) is 0 Å². The summed E-state index contributed by atoms with van der Waals surface area (Å²) in [6.45, 7) is 0. The van der Waals surface area contributed by atoms with E-state index >= 15 is 0 Å². The maximum absolute atomic E-state index is 12.1. The first kappa shape index (κ1) is 17.4. The number of carbonyl (C=O) groups is 2. The lowest BCUT2D eigenvalue weighted by molar-refractivity contribution is -0.120. The van der Waals surface area contributed by atoms with Crippen LogP contribution in [0.25, 0.3) is 17.0 Å². The van der Waals surface area contributed by atoms with Crippen molar-refractivity contribution in [3.05, 3.63) is 78.0 Å². The van der Waals surface area contributed by atoms with E-state index in [9.17, 15) is 9.59 Å². The summed E-state index contributed by atoms with van der Waals surface area (Å²) in [4.78, 5) is 27.9. The van der Waals surface area contributed by atoms with Gasteiger partial charge in [-0.2, -0.15) is 0 Å². The van der Waals surface area contributed by atoms with Crippen LogP contribution < -0.4 is 10.6 Å². The van der Waals surface area contributed by atoms with Gasteiger partial charge in [-0.15, -0.1) is 0 Å². The standard InChI is InChI=1S/C21H19N3O2/c1-22-20(26)14-15-7-10-18(11-8-15)24-19(25)12-9-17-5-2-4-16-6-3-13-23-21(16)17/h2-13H,14H2,1H3,(H,22,26)(H,24,25)/b12-9+. The molecule has 5 heteroatoms. The Morgan fingerprint density at radius 1 is 1.04 bits per heavy atom. The molecular weight excluding hydrogens is 326 g/mol. The molecule has 2 aromatic carbocycles. The summed E-state index contributed by atoms with van der Waals surface area (Å²) < 4.78 is 0. The molecule has 0 fully saturated rings. The highest BCUT2D eigenvalue weighted by molar-refractivity contribution is 6.03. The summed E-state index contributed by atoms with van der Waals surface area (Å²) >= 11 is 0. The van der Waals surface area contributed by atoms with E-state index in [1.807, 2.05) is 42.5 Å². The van der Waals surface area contributed by atoms with Crippen molar-refractivity contribution in [1.82, 2.24) is 10.3 Å². The van der Waals surface area contributed by atoms with Crippen molar-refractivity contribution in [2.75, 3.05) is 12.4 Å². The Labute approximate surface area is 151 Å². The van der Waals surface area contributed by atoms with Crippen molar-refractivity contribution in [1.29, 1.82) is 0 Å². The third-order valence-electron chi connectivity index (χ3n) is 3.94. The maximum Gasteiger partial charge on any atom is 0.248 e. The predicted molar refractivity (Wildman–Crippen MR) is 104 cm³/mol.